The molecule has 1 aliphatic rings. The molecule has 0 spiro atoms. The van der Waals surface area contributed by atoms with Crippen LogP contribution in [0.15, 0.2) is 0 Å². The van der Waals surface area contributed by atoms with E-state index in [-0.39, 0.29) is 18.6 Å². The van der Waals surface area contributed by atoms with E-state index in [9.17, 15) is 4.79 Å². The summed E-state index contributed by atoms with van der Waals surface area (Å²) in [6, 6.07) is 0.262. The molecule has 0 bridgehead atoms. The van der Waals surface area contributed by atoms with Gasteiger partial charge >= 0.3 is 0 Å². The van der Waals surface area contributed by atoms with Crippen molar-refractivity contribution in [1.29, 1.82) is 0 Å². The molecule has 0 aliphatic carbocycles. The fourth-order valence-electron chi connectivity index (χ4n) is 1.42. The zero-order valence-corrected chi connectivity index (χ0v) is 7.66. The van der Waals surface area contributed by atoms with Crippen LogP contribution in [-0.2, 0) is 4.79 Å². The van der Waals surface area contributed by atoms with Crippen molar-refractivity contribution in [3.8, 4) is 0 Å². The van der Waals surface area contributed by atoms with Gasteiger partial charge in [-0.2, -0.15) is 0 Å². The Morgan fingerprint density at radius 1 is 1.67 bits per heavy atom. The van der Waals surface area contributed by atoms with E-state index < -0.39 is 0 Å². The zero-order valence-electron chi connectivity index (χ0n) is 7.66. The van der Waals surface area contributed by atoms with Crippen molar-refractivity contribution in [1.82, 2.24) is 9.80 Å². The number of aliphatic hydroxyl groups excluding tert-OH is 1. The summed E-state index contributed by atoms with van der Waals surface area (Å²) in [6.45, 7) is 4.05. The van der Waals surface area contributed by atoms with Crippen LogP contribution in [0.2, 0.25) is 0 Å². The van der Waals surface area contributed by atoms with Crippen LogP contribution in [-0.4, -0.2) is 60.1 Å². The summed E-state index contributed by atoms with van der Waals surface area (Å²) in [6.07, 6.45) is 0. The molecule has 0 saturated carbocycles. The number of likely N-dealkylation sites (N-methyl/N-ethyl adjacent to an activating group) is 1. The SMILES string of the molecule is CC1CN(CCO)CC(=O)N1C. The van der Waals surface area contributed by atoms with Crippen molar-refractivity contribution in [2.24, 2.45) is 0 Å². The number of piperazine rings is 1. The van der Waals surface area contributed by atoms with E-state index in [0.29, 0.717) is 13.1 Å². The van der Waals surface area contributed by atoms with Crippen LogP contribution in [0.5, 0.6) is 0 Å². The maximum absolute atomic E-state index is 11.3. The van der Waals surface area contributed by atoms with Gasteiger partial charge in [0.1, 0.15) is 0 Å². The Morgan fingerprint density at radius 3 is 2.83 bits per heavy atom. The van der Waals surface area contributed by atoms with Crippen LogP contribution in [0.3, 0.4) is 0 Å². The Kier molecular flexibility index (Phi) is 3.05. The van der Waals surface area contributed by atoms with Crippen LogP contribution >= 0.6 is 0 Å². The van der Waals surface area contributed by atoms with E-state index in [4.69, 9.17) is 5.11 Å². The second-order valence-corrected chi connectivity index (χ2v) is 3.31. The third kappa shape index (κ3) is 1.95. The topological polar surface area (TPSA) is 43.8 Å². The van der Waals surface area contributed by atoms with Crippen LogP contribution in [0.25, 0.3) is 0 Å². The molecule has 1 aliphatic heterocycles. The van der Waals surface area contributed by atoms with Crippen LogP contribution in [0.1, 0.15) is 6.92 Å². The number of β-amino-alcohol motifs (C(OH)–C–C–N with tert-alkyl or cyclic N) is 1. The highest BCUT2D eigenvalue weighted by molar-refractivity contribution is 5.79. The van der Waals surface area contributed by atoms with Crippen molar-refractivity contribution < 1.29 is 9.90 Å². The lowest BCUT2D eigenvalue weighted by molar-refractivity contribution is -0.137. The van der Waals surface area contributed by atoms with Gasteiger partial charge in [-0.3, -0.25) is 9.69 Å². The molecule has 1 amide bonds. The third-order valence-electron chi connectivity index (χ3n) is 2.35. The Labute approximate surface area is 72.8 Å². The van der Waals surface area contributed by atoms with Crippen LogP contribution < -0.4 is 0 Å². The summed E-state index contributed by atoms with van der Waals surface area (Å²) in [4.78, 5) is 15.0. The summed E-state index contributed by atoms with van der Waals surface area (Å²) >= 11 is 0. The molecule has 4 nitrogen and oxygen atoms in total. The molecule has 0 aromatic carbocycles. The number of carbonyl (C=O) groups excluding carboxylic acids is 1. The highest BCUT2D eigenvalue weighted by atomic mass is 16.3. The summed E-state index contributed by atoms with van der Waals surface area (Å²) in [5.74, 6) is 0.141. The van der Waals surface area contributed by atoms with E-state index in [2.05, 4.69) is 0 Å². The van der Waals surface area contributed by atoms with Gasteiger partial charge in [0.25, 0.3) is 0 Å². The highest BCUT2D eigenvalue weighted by Gasteiger charge is 2.25. The number of hydrogen-bond acceptors (Lipinski definition) is 3. The minimum Gasteiger partial charge on any atom is -0.395 e. The lowest BCUT2D eigenvalue weighted by Gasteiger charge is -2.36. The fraction of sp³-hybridized carbons (Fsp3) is 0.875. The predicted octanol–water partition coefficient (Wildman–Crippen LogP) is -0.859. The van der Waals surface area contributed by atoms with Crippen molar-refractivity contribution >= 4 is 5.91 Å². The number of hydrogen-bond donors (Lipinski definition) is 1. The molecule has 0 radical (unpaired) electrons. The molecule has 1 saturated heterocycles. The zero-order chi connectivity index (χ0) is 9.14. The molecule has 1 heterocycles. The summed E-state index contributed by atoms with van der Waals surface area (Å²) < 4.78 is 0. The van der Waals surface area contributed by atoms with Gasteiger partial charge in [-0.05, 0) is 6.92 Å². The van der Waals surface area contributed by atoms with Gasteiger partial charge in [0.15, 0.2) is 0 Å². The van der Waals surface area contributed by atoms with Crippen molar-refractivity contribution in [2.75, 3.05) is 33.3 Å². The molecule has 12 heavy (non-hydrogen) atoms. The Bertz CT molecular complexity index is 172. The van der Waals surface area contributed by atoms with Crippen molar-refractivity contribution in [2.45, 2.75) is 13.0 Å². The van der Waals surface area contributed by atoms with Gasteiger partial charge in [0, 0.05) is 26.2 Å². The third-order valence-corrected chi connectivity index (χ3v) is 2.35. The average molecular weight is 172 g/mol. The van der Waals surface area contributed by atoms with Crippen molar-refractivity contribution in [3.05, 3.63) is 0 Å². The number of carbonyl (C=O) groups is 1. The van der Waals surface area contributed by atoms with Crippen LogP contribution in [0.4, 0.5) is 0 Å². The van der Waals surface area contributed by atoms with Crippen LogP contribution in [0, 0.1) is 0 Å². The first-order valence-electron chi connectivity index (χ1n) is 4.24. The predicted molar refractivity (Wildman–Crippen MR) is 45.8 cm³/mol. The van der Waals surface area contributed by atoms with Gasteiger partial charge < -0.3 is 10.0 Å². The van der Waals surface area contributed by atoms with Gasteiger partial charge in [-0.25, -0.2) is 0 Å². The van der Waals surface area contributed by atoms with E-state index >= 15 is 0 Å². The minimum atomic E-state index is 0.129. The Hall–Kier alpha value is -0.610. The van der Waals surface area contributed by atoms with Crippen molar-refractivity contribution in [3.63, 3.8) is 0 Å². The molecular weight excluding hydrogens is 156 g/mol. The second-order valence-electron chi connectivity index (χ2n) is 3.31. The summed E-state index contributed by atoms with van der Waals surface area (Å²) in [5.41, 5.74) is 0. The first-order chi connectivity index (χ1) is 5.65. The van der Waals surface area contributed by atoms with E-state index in [0.717, 1.165) is 6.54 Å². The first kappa shape index (κ1) is 9.48. The van der Waals surface area contributed by atoms with Gasteiger partial charge in [-0.15, -0.1) is 0 Å². The first-order valence-corrected chi connectivity index (χ1v) is 4.24. The molecular formula is C8H16N2O2. The molecule has 1 rings (SSSR count). The van der Waals surface area contributed by atoms with E-state index in [1.54, 1.807) is 4.90 Å². The Balaban J connectivity index is 2.48. The fourth-order valence-corrected chi connectivity index (χ4v) is 1.42. The standard InChI is InChI=1S/C8H16N2O2/c1-7-5-10(3-4-11)6-8(12)9(7)2/h7,11H,3-6H2,1-2H3. The Morgan fingerprint density at radius 2 is 2.33 bits per heavy atom. The number of aliphatic hydroxyl groups is 1. The number of rotatable bonds is 2. The summed E-state index contributed by atoms with van der Waals surface area (Å²) in [7, 11) is 1.82. The molecule has 1 N–H and O–H groups in total. The lowest BCUT2D eigenvalue weighted by Crippen LogP contribution is -2.54. The van der Waals surface area contributed by atoms with Gasteiger partial charge in [0.05, 0.1) is 13.2 Å². The smallest absolute Gasteiger partial charge is 0.236 e. The lowest BCUT2D eigenvalue weighted by atomic mass is 10.2. The minimum absolute atomic E-state index is 0.129. The van der Waals surface area contributed by atoms with Gasteiger partial charge in [-0.1, -0.05) is 0 Å². The highest BCUT2D eigenvalue weighted by Crippen LogP contribution is 2.07. The second kappa shape index (κ2) is 3.87. The normalized spacial score (nSPS) is 26.4. The maximum atomic E-state index is 11.3. The van der Waals surface area contributed by atoms with E-state index in [1.807, 2.05) is 18.9 Å². The van der Waals surface area contributed by atoms with Gasteiger partial charge in [0.2, 0.25) is 5.91 Å². The largest absolute Gasteiger partial charge is 0.395 e. The quantitative estimate of drug-likeness (QED) is 0.589. The molecule has 1 unspecified atom stereocenters. The monoisotopic (exact) mass is 172 g/mol. The molecule has 0 aromatic heterocycles. The molecule has 1 atom stereocenters. The van der Waals surface area contributed by atoms with E-state index in [1.165, 1.54) is 0 Å². The maximum Gasteiger partial charge on any atom is 0.236 e. The molecule has 70 valence electrons. The molecule has 1 fully saturated rings. The molecule has 0 aromatic rings. The molecule has 4 heteroatoms. The average Bonchev–Trinajstić information content (AvgIpc) is 2.01. The summed E-state index contributed by atoms with van der Waals surface area (Å²) in [5, 5.41) is 8.69. The number of nitrogens with zero attached hydrogens (tertiary/aromatic N) is 2. The number of amides is 1.